The Morgan fingerprint density at radius 1 is 0.727 bits per heavy atom. The molecule has 0 fully saturated rings. The molecule has 1 nitrogen and oxygen atoms in total. The molecule has 0 aliphatic heterocycles. The maximum atomic E-state index is 6.36. The minimum Gasteiger partial charge on any atom is -0.456 e. The first-order chi connectivity index (χ1) is 10.1. The summed E-state index contributed by atoms with van der Waals surface area (Å²) in [5.41, 5.74) is 2.71. The van der Waals surface area contributed by atoms with Gasteiger partial charge in [-0.25, -0.2) is 0 Å². The summed E-state index contributed by atoms with van der Waals surface area (Å²) in [6.45, 7) is 13.1. The molecule has 2 aromatic carbocycles. The van der Waals surface area contributed by atoms with Gasteiger partial charge in [0.15, 0.2) is 0 Å². The van der Waals surface area contributed by atoms with Crippen molar-refractivity contribution in [2.45, 2.75) is 52.4 Å². The Hall–Kier alpha value is -1.47. The van der Waals surface area contributed by atoms with E-state index in [9.17, 15) is 0 Å². The normalized spacial score (nSPS) is 12.3. The quantitative estimate of drug-likeness (QED) is 0.597. The molecule has 0 amide bonds. The fraction of sp³-hybridized carbons (Fsp3) is 0.400. The Morgan fingerprint density at radius 2 is 1.23 bits per heavy atom. The van der Waals surface area contributed by atoms with Crippen molar-refractivity contribution in [1.29, 1.82) is 0 Å². The molecular formula is C20H25ClO. The van der Waals surface area contributed by atoms with Crippen LogP contribution < -0.4 is 4.74 Å². The molecular weight excluding hydrogens is 292 g/mol. The Balaban J connectivity index is 2.21. The van der Waals surface area contributed by atoms with Gasteiger partial charge in [-0.3, -0.25) is 0 Å². The number of hydrogen-bond acceptors (Lipinski definition) is 1. The fourth-order valence-corrected chi connectivity index (χ4v) is 2.42. The highest BCUT2D eigenvalue weighted by Crippen LogP contribution is 2.34. The Kier molecular flexibility index (Phi) is 4.58. The number of rotatable bonds is 2. The summed E-state index contributed by atoms with van der Waals surface area (Å²) in [6.07, 6.45) is 0. The van der Waals surface area contributed by atoms with Crippen LogP contribution in [0.3, 0.4) is 0 Å². The zero-order valence-corrected chi connectivity index (χ0v) is 15.1. The van der Waals surface area contributed by atoms with Gasteiger partial charge >= 0.3 is 0 Å². The van der Waals surface area contributed by atoms with Gasteiger partial charge in [-0.2, -0.15) is 0 Å². The molecule has 2 rings (SSSR count). The Labute approximate surface area is 139 Å². The van der Waals surface area contributed by atoms with E-state index in [4.69, 9.17) is 16.3 Å². The topological polar surface area (TPSA) is 9.23 Å². The highest BCUT2D eigenvalue weighted by molar-refractivity contribution is 6.32. The van der Waals surface area contributed by atoms with Crippen molar-refractivity contribution < 1.29 is 4.74 Å². The first-order valence-corrected chi connectivity index (χ1v) is 8.03. The predicted molar refractivity (Wildman–Crippen MR) is 95.4 cm³/mol. The highest BCUT2D eigenvalue weighted by Gasteiger charge is 2.16. The third-order valence-electron chi connectivity index (χ3n) is 3.75. The molecule has 0 saturated heterocycles. The van der Waals surface area contributed by atoms with Gasteiger partial charge in [0.2, 0.25) is 0 Å². The third kappa shape index (κ3) is 4.04. The van der Waals surface area contributed by atoms with Crippen molar-refractivity contribution in [1.82, 2.24) is 0 Å². The Morgan fingerprint density at radius 3 is 1.68 bits per heavy atom. The van der Waals surface area contributed by atoms with E-state index in [0.717, 1.165) is 5.75 Å². The molecule has 0 aromatic heterocycles. The molecule has 0 heterocycles. The minimum atomic E-state index is 0.0799. The van der Waals surface area contributed by atoms with E-state index in [0.29, 0.717) is 10.8 Å². The second kappa shape index (κ2) is 5.96. The van der Waals surface area contributed by atoms with Crippen molar-refractivity contribution in [2.24, 2.45) is 0 Å². The van der Waals surface area contributed by atoms with E-state index in [-0.39, 0.29) is 10.8 Å². The molecule has 2 aromatic rings. The van der Waals surface area contributed by atoms with Gasteiger partial charge in [-0.05, 0) is 46.2 Å². The summed E-state index contributed by atoms with van der Waals surface area (Å²) < 4.78 is 5.91. The van der Waals surface area contributed by atoms with Crippen LogP contribution in [-0.2, 0) is 10.8 Å². The van der Waals surface area contributed by atoms with Gasteiger partial charge in [0, 0.05) is 0 Å². The lowest BCUT2D eigenvalue weighted by molar-refractivity contribution is 0.480. The van der Waals surface area contributed by atoms with Crippen LogP contribution in [0.1, 0.15) is 52.7 Å². The summed E-state index contributed by atoms with van der Waals surface area (Å²) in [5, 5.41) is 0.646. The molecule has 0 bridgehead atoms. The minimum absolute atomic E-state index is 0.0799. The van der Waals surface area contributed by atoms with Crippen LogP contribution in [0.25, 0.3) is 0 Å². The van der Waals surface area contributed by atoms with Crippen LogP contribution in [0.4, 0.5) is 0 Å². The molecule has 0 unspecified atom stereocenters. The summed E-state index contributed by atoms with van der Waals surface area (Å²) in [5.74, 6) is 1.50. The molecule has 118 valence electrons. The standard InChI is InChI=1S/C20H25ClO/c1-19(2,3)14-7-10-16(11-8-14)22-18-12-9-15(13-17(18)21)20(4,5)6/h7-13H,1-6H3. The van der Waals surface area contributed by atoms with E-state index in [1.54, 1.807) is 0 Å². The van der Waals surface area contributed by atoms with E-state index < -0.39 is 0 Å². The number of hydrogen-bond donors (Lipinski definition) is 0. The molecule has 0 atom stereocenters. The highest BCUT2D eigenvalue weighted by atomic mass is 35.5. The van der Waals surface area contributed by atoms with Gasteiger partial charge in [0.05, 0.1) is 5.02 Å². The zero-order valence-electron chi connectivity index (χ0n) is 14.3. The maximum Gasteiger partial charge on any atom is 0.146 e. The second-order valence-corrected chi connectivity index (χ2v) is 8.18. The lowest BCUT2D eigenvalue weighted by Crippen LogP contribution is -2.11. The first kappa shape index (κ1) is 16.9. The summed E-state index contributed by atoms with van der Waals surface area (Å²) in [4.78, 5) is 0. The van der Waals surface area contributed by atoms with E-state index >= 15 is 0 Å². The summed E-state index contributed by atoms with van der Waals surface area (Å²) in [7, 11) is 0. The van der Waals surface area contributed by atoms with Crippen LogP contribution in [0.15, 0.2) is 42.5 Å². The van der Waals surface area contributed by atoms with Crippen molar-refractivity contribution in [3.63, 3.8) is 0 Å². The molecule has 0 saturated carbocycles. The SMILES string of the molecule is CC(C)(C)c1ccc(Oc2ccc(C(C)(C)C)cc2Cl)cc1. The van der Waals surface area contributed by atoms with Crippen LogP contribution >= 0.6 is 11.6 Å². The lowest BCUT2D eigenvalue weighted by atomic mass is 9.87. The Bertz CT molecular complexity index is 643. The average molecular weight is 317 g/mol. The van der Waals surface area contributed by atoms with Gasteiger partial charge < -0.3 is 4.74 Å². The number of halogens is 1. The van der Waals surface area contributed by atoms with Gasteiger partial charge in [-0.1, -0.05) is 71.3 Å². The van der Waals surface area contributed by atoms with Crippen LogP contribution in [-0.4, -0.2) is 0 Å². The van der Waals surface area contributed by atoms with Crippen molar-refractivity contribution in [3.05, 3.63) is 58.6 Å². The zero-order chi connectivity index (χ0) is 16.5. The molecule has 22 heavy (non-hydrogen) atoms. The molecule has 0 N–H and O–H groups in total. The predicted octanol–water partition coefficient (Wildman–Crippen LogP) is 6.73. The van der Waals surface area contributed by atoms with Gasteiger partial charge in [-0.15, -0.1) is 0 Å². The second-order valence-electron chi connectivity index (χ2n) is 7.77. The maximum absolute atomic E-state index is 6.36. The summed E-state index contributed by atoms with van der Waals surface area (Å²) in [6, 6.07) is 14.2. The average Bonchev–Trinajstić information content (AvgIpc) is 2.39. The van der Waals surface area contributed by atoms with Crippen molar-refractivity contribution >= 4 is 11.6 Å². The first-order valence-electron chi connectivity index (χ1n) is 7.66. The largest absolute Gasteiger partial charge is 0.456 e. The monoisotopic (exact) mass is 316 g/mol. The van der Waals surface area contributed by atoms with Crippen molar-refractivity contribution in [3.8, 4) is 11.5 Å². The van der Waals surface area contributed by atoms with E-state index in [1.807, 2.05) is 24.3 Å². The molecule has 0 radical (unpaired) electrons. The van der Waals surface area contributed by atoms with Crippen LogP contribution in [0, 0.1) is 0 Å². The van der Waals surface area contributed by atoms with E-state index in [1.165, 1.54) is 11.1 Å². The van der Waals surface area contributed by atoms with Crippen LogP contribution in [0.5, 0.6) is 11.5 Å². The molecule has 0 spiro atoms. The molecule has 0 aliphatic rings. The number of benzene rings is 2. The van der Waals surface area contributed by atoms with Gasteiger partial charge in [0.25, 0.3) is 0 Å². The lowest BCUT2D eigenvalue weighted by Gasteiger charge is -2.20. The van der Waals surface area contributed by atoms with Gasteiger partial charge in [0.1, 0.15) is 11.5 Å². The van der Waals surface area contributed by atoms with Crippen LogP contribution in [0.2, 0.25) is 5.02 Å². The van der Waals surface area contributed by atoms with Crippen molar-refractivity contribution in [2.75, 3.05) is 0 Å². The summed E-state index contributed by atoms with van der Waals surface area (Å²) >= 11 is 6.36. The fourth-order valence-electron chi connectivity index (χ4n) is 2.20. The van der Waals surface area contributed by atoms with E-state index in [2.05, 4.69) is 59.7 Å². The smallest absolute Gasteiger partial charge is 0.146 e. The molecule has 0 aliphatic carbocycles. The third-order valence-corrected chi connectivity index (χ3v) is 4.04. The molecule has 2 heteroatoms. The number of ether oxygens (including phenoxy) is 1.